The van der Waals surface area contributed by atoms with Gasteiger partial charge in [0.1, 0.15) is 36.1 Å². The average molecular weight is 638 g/mol. The number of aliphatic hydroxyl groups excluding tert-OH is 2. The molecule has 240 valence electrons. The molecule has 1 fully saturated rings. The van der Waals surface area contributed by atoms with E-state index in [9.17, 15) is 19.8 Å². The van der Waals surface area contributed by atoms with Crippen LogP contribution in [-0.4, -0.2) is 85.3 Å². The van der Waals surface area contributed by atoms with E-state index in [0.717, 1.165) is 27.8 Å². The molecule has 10 nitrogen and oxygen atoms in total. The molecule has 1 aliphatic carbocycles. The number of methoxy groups -OCH3 is 2. The summed E-state index contributed by atoms with van der Waals surface area (Å²) in [6.45, 7) is -0.154. The molecule has 0 aromatic heterocycles. The lowest BCUT2D eigenvalue weighted by Gasteiger charge is -2.44. The fraction of sp³-hybridized carbons (Fsp3) is 0.412. The summed E-state index contributed by atoms with van der Waals surface area (Å²) in [5, 5.41) is 24.5. The lowest BCUT2D eigenvalue weighted by atomic mass is 9.97. The van der Waals surface area contributed by atoms with Crippen LogP contribution in [0.1, 0.15) is 35.4 Å². The quantitative estimate of drug-likeness (QED) is 0.185. The van der Waals surface area contributed by atoms with E-state index in [1.165, 1.54) is 18.9 Å². The molecule has 3 aromatic rings. The average Bonchev–Trinajstić information content (AvgIpc) is 3.40. The maximum absolute atomic E-state index is 13.3. The second-order valence-corrected chi connectivity index (χ2v) is 12.1. The maximum atomic E-state index is 13.3. The van der Waals surface area contributed by atoms with Crippen molar-refractivity contribution in [3.05, 3.63) is 89.5 Å². The van der Waals surface area contributed by atoms with Crippen LogP contribution in [0.5, 0.6) is 5.75 Å². The molecule has 3 aromatic carbocycles. The minimum atomic E-state index is -1.23. The van der Waals surface area contributed by atoms with Crippen LogP contribution in [0.4, 0.5) is 4.79 Å². The van der Waals surface area contributed by atoms with E-state index in [1.54, 1.807) is 19.2 Å². The van der Waals surface area contributed by atoms with Gasteiger partial charge >= 0.3 is 12.1 Å². The normalized spacial score (nSPS) is 22.3. The molecular formula is C34H39NO9S. The molecular weight excluding hydrogens is 598 g/mol. The van der Waals surface area contributed by atoms with Crippen LogP contribution in [0.15, 0.2) is 72.8 Å². The molecule has 3 N–H and O–H groups in total. The summed E-state index contributed by atoms with van der Waals surface area (Å²) in [7, 11) is 2.92. The highest BCUT2D eigenvalue weighted by atomic mass is 32.2. The van der Waals surface area contributed by atoms with E-state index in [-0.39, 0.29) is 31.5 Å². The number of esters is 1. The molecule has 11 heteroatoms. The van der Waals surface area contributed by atoms with Gasteiger partial charge in [0.2, 0.25) is 0 Å². The first-order valence-electron chi connectivity index (χ1n) is 14.9. The van der Waals surface area contributed by atoms with E-state index in [2.05, 4.69) is 17.4 Å². The smallest absolute Gasteiger partial charge is 0.407 e. The third kappa shape index (κ3) is 7.79. The lowest BCUT2D eigenvalue weighted by Crippen LogP contribution is -2.64. The second kappa shape index (κ2) is 15.6. The Morgan fingerprint density at radius 3 is 2.24 bits per heavy atom. The van der Waals surface area contributed by atoms with Crippen LogP contribution in [-0.2, 0) is 30.3 Å². The zero-order valence-electron chi connectivity index (χ0n) is 25.3. The number of amides is 1. The number of aliphatic hydroxyl groups is 2. The van der Waals surface area contributed by atoms with Gasteiger partial charge in [0.25, 0.3) is 0 Å². The summed E-state index contributed by atoms with van der Waals surface area (Å²) in [5.41, 5.74) is 4.51. The standard InChI is InChI=1S/C34H39NO9S/c1-40-22-15-13-21(14-16-22)19-42-32-28(18-36)44-33(45-17-7-12-29(37)41-2)30(31(32)38)35-34(39)43-20-27-25-10-5-3-8-23(25)24-9-4-6-11-26(24)27/h3-6,8-11,13-16,27-28,30-33,36,38H,7,12,17-20H2,1-2H3,(H,35,39). The van der Waals surface area contributed by atoms with Crippen molar-refractivity contribution in [1.29, 1.82) is 0 Å². The summed E-state index contributed by atoms with van der Waals surface area (Å²) < 4.78 is 27.9. The molecule has 2 aliphatic rings. The minimum Gasteiger partial charge on any atom is -0.497 e. The number of fused-ring (bicyclic) bond motifs is 3. The van der Waals surface area contributed by atoms with Gasteiger partial charge in [-0.2, -0.15) is 0 Å². The first-order chi connectivity index (χ1) is 21.9. The molecule has 0 saturated carbocycles. The summed E-state index contributed by atoms with van der Waals surface area (Å²) in [6, 6.07) is 22.5. The van der Waals surface area contributed by atoms with Crippen molar-refractivity contribution in [2.45, 2.75) is 55.2 Å². The molecule has 0 bridgehead atoms. The molecule has 1 heterocycles. The number of nitrogens with one attached hydrogen (secondary N) is 1. The van der Waals surface area contributed by atoms with E-state index < -0.39 is 42.5 Å². The Morgan fingerprint density at radius 1 is 0.956 bits per heavy atom. The molecule has 1 aliphatic heterocycles. The first kappa shape index (κ1) is 32.8. The maximum Gasteiger partial charge on any atom is 0.407 e. The molecule has 1 saturated heterocycles. The number of thioether (sulfide) groups is 1. The van der Waals surface area contributed by atoms with Gasteiger partial charge in [-0.05, 0) is 52.1 Å². The van der Waals surface area contributed by atoms with Gasteiger partial charge < -0.3 is 39.2 Å². The number of hydrogen-bond donors (Lipinski definition) is 3. The fourth-order valence-corrected chi connectivity index (χ4v) is 6.98. The third-order valence-corrected chi connectivity index (χ3v) is 9.38. The summed E-state index contributed by atoms with van der Waals surface area (Å²) in [5.74, 6) is 0.741. The molecule has 5 unspecified atom stereocenters. The number of alkyl carbamates (subject to hydrolysis) is 1. The highest BCUT2D eigenvalue weighted by Crippen LogP contribution is 2.44. The molecule has 1 amide bonds. The predicted molar refractivity (Wildman–Crippen MR) is 169 cm³/mol. The van der Waals surface area contributed by atoms with Crippen LogP contribution in [0.25, 0.3) is 11.1 Å². The monoisotopic (exact) mass is 637 g/mol. The Kier molecular flexibility index (Phi) is 11.4. The Balaban J connectivity index is 1.27. The number of carbonyl (C=O) groups is 2. The molecule has 0 spiro atoms. The van der Waals surface area contributed by atoms with Crippen LogP contribution in [0.3, 0.4) is 0 Å². The van der Waals surface area contributed by atoms with Gasteiger partial charge in [-0.3, -0.25) is 4.79 Å². The SMILES string of the molecule is COC(=O)CCCSC1OC(CO)C(OCc2ccc(OC)cc2)C(O)C1NC(=O)OCC1c2ccccc2-c2ccccc21. The lowest BCUT2D eigenvalue weighted by molar-refractivity contribution is -0.193. The highest BCUT2D eigenvalue weighted by molar-refractivity contribution is 7.99. The van der Waals surface area contributed by atoms with Gasteiger partial charge in [0.05, 0.1) is 33.5 Å². The van der Waals surface area contributed by atoms with Crippen LogP contribution >= 0.6 is 11.8 Å². The molecule has 45 heavy (non-hydrogen) atoms. The Morgan fingerprint density at radius 2 is 1.62 bits per heavy atom. The van der Waals surface area contributed by atoms with E-state index in [4.69, 9.17) is 23.7 Å². The van der Waals surface area contributed by atoms with Crippen molar-refractivity contribution in [3.8, 4) is 16.9 Å². The van der Waals surface area contributed by atoms with Gasteiger partial charge in [0.15, 0.2) is 0 Å². The first-order valence-corrected chi connectivity index (χ1v) is 16.0. The van der Waals surface area contributed by atoms with Crippen LogP contribution in [0.2, 0.25) is 0 Å². The summed E-state index contributed by atoms with van der Waals surface area (Å²) >= 11 is 1.33. The van der Waals surface area contributed by atoms with E-state index in [1.807, 2.05) is 48.5 Å². The minimum absolute atomic E-state index is 0.108. The largest absolute Gasteiger partial charge is 0.497 e. The highest BCUT2D eigenvalue weighted by Gasteiger charge is 2.47. The van der Waals surface area contributed by atoms with Gasteiger partial charge in [-0.1, -0.05) is 60.7 Å². The van der Waals surface area contributed by atoms with Gasteiger partial charge in [-0.25, -0.2) is 4.79 Å². The van der Waals surface area contributed by atoms with Crippen molar-refractivity contribution in [1.82, 2.24) is 5.32 Å². The van der Waals surface area contributed by atoms with Crippen LogP contribution in [0, 0.1) is 0 Å². The van der Waals surface area contributed by atoms with Crippen molar-refractivity contribution < 1.29 is 43.5 Å². The van der Waals surface area contributed by atoms with Crippen LogP contribution < -0.4 is 10.1 Å². The van der Waals surface area contributed by atoms with Gasteiger partial charge in [0, 0.05) is 12.3 Å². The van der Waals surface area contributed by atoms with Crippen molar-refractivity contribution in [3.63, 3.8) is 0 Å². The number of rotatable bonds is 13. The van der Waals surface area contributed by atoms with E-state index in [0.29, 0.717) is 17.9 Å². The number of carbonyl (C=O) groups excluding carboxylic acids is 2. The Bertz CT molecular complexity index is 1390. The molecule has 5 rings (SSSR count). The van der Waals surface area contributed by atoms with E-state index >= 15 is 0 Å². The summed E-state index contributed by atoms with van der Waals surface area (Å²) in [6.07, 6.45) is -3.00. The van der Waals surface area contributed by atoms with Crippen molar-refractivity contribution >= 4 is 23.8 Å². The summed E-state index contributed by atoms with van der Waals surface area (Å²) in [4.78, 5) is 24.9. The Labute approximate surface area is 267 Å². The number of hydrogen-bond acceptors (Lipinski definition) is 10. The fourth-order valence-electron chi connectivity index (χ4n) is 5.78. The topological polar surface area (TPSA) is 133 Å². The van der Waals surface area contributed by atoms with Gasteiger partial charge in [-0.15, -0.1) is 11.8 Å². The second-order valence-electron chi connectivity index (χ2n) is 10.9. The molecule has 0 radical (unpaired) electrons. The van der Waals surface area contributed by atoms with Crippen molar-refractivity contribution in [2.24, 2.45) is 0 Å². The zero-order chi connectivity index (χ0) is 31.8. The van der Waals surface area contributed by atoms with Crippen molar-refractivity contribution in [2.75, 3.05) is 33.2 Å². The zero-order valence-corrected chi connectivity index (χ0v) is 26.1. The Hall–Kier alpha value is -3.61. The predicted octanol–water partition coefficient (Wildman–Crippen LogP) is 4.25. The number of benzene rings is 3. The third-order valence-electron chi connectivity index (χ3n) is 8.12. The number of ether oxygens (including phenoxy) is 5. The molecule has 5 atom stereocenters.